The molecule has 0 spiro atoms. The van der Waals surface area contributed by atoms with E-state index < -0.39 is 54.5 Å². The van der Waals surface area contributed by atoms with Crippen LogP contribution in [0.4, 0.5) is 0 Å². The molecule has 5 atom stereocenters. The van der Waals surface area contributed by atoms with Crippen LogP contribution in [0.15, 0.2) is 5.11 Å². The summed E-state index contributed by atoms with van der Waals surface area (Å²) in [6.07, 6.45) is -3.51. The van der Waals surface area contributed by atoms with Crippen molar-refractivity contribution in [3.05, 3.63) is 10.4 Å². The van der Waals surface area contributed by atoms with Crippen LogP contribution in [0.2, 0.25) is 0 Å². The van der Waals surface area contributed by atoms with Crippen molar-refractivity contribution in [2.24, 2.45) is 5.11 Å². The standard InChI is InChI=1S/C33H57N5O16/c1-24(39)37-30-32(53-27(4)42)31(52-26(3)41)28(23-51-25(2)40)54-33(30)50-10-6-5-7-29(43)35-8-11-44-13-15-46-17-19-48-21-22-49-20-18-47-16-14-45-12-9-36-38-34/h28,30-33H,5-23H2,1-4H3,(H,35,43)(H,37,39)/t28-,30-,31+,32-,33-/m1/s1. The van der Waals surface area contributed by atoms with Crippen LogP contribution in [0.5, 0.6) is 0 Å². The average Bonchev–Trinajstić information content (AvgIpc) is 3.11. The lowest BCUT2D eigenvalue weighted by Gasteiger charge is -2.44. The van der Waals surface area contributed by atoms with Gasteiger partial charge in [-0.3, -0.25) is 24.0 Å². The summed E-state index contributed by atoms with van der Waals surface area (Å²) in [6.45, 7) is 10.0. The molecule has 0 aliphatic carbocycles. The van der Waals surface area contributed by atoms with Crippen LogP contribution in [0.1, 0.15) is 47.0 Å². The zero-order chi connectivity index (χ0) is 39.8. The van der Waals surface area contributed by atoms with Crippen molar-refractivity contribution < 1.29 is 76.1 Å². The van der Waals surface area contributed by atoms with E-state index in [0.717, 1.165) is 13.8 Å². The maximum Gasteiger partial charge on any atom is 0.303 e. The second-order valence-electron chi connectivity index (χ2n) is 11.5. The first-order valence-corrected chi connectivity index (χ1v) is 17.8. The third-order valence-corrected chi connectivity index (χ3v) is 6.98. The molecule has 21 heteroatoms. The molecule has 2 N–H and O–H groups in total. The highest BCUT2D eigenvalue weighted by molar-refractivity contribution is 5.75. The first-order valence-electron chi connectivity index (χ1n) is 17.8. The monoisotopic (exact) mass is 779 g/mol. The van der Waals surface area contributed by atoms with Gasteiger partial charge in [0.1, 0.15) is 18.8 Å². The predicted molar refractivity (Wildman–Crippen MR) is 186 cm³/mol. The van der Waals surface area contributed by atoms with Gasteiger partial charge in [0, 0.05) is 58.7 Å². The molecule has 1 fully saturated rings. The van der Waals surface area contributed by atoms with Crippen molar-refractivity contribution in [1.29, 1.82) is 0 Å². The van der Waals surface area contributed by atoms with E-state index in [1.54, 1.807) is 0 Å². The van der Waals surface area contributed by atoms with Gasteiger partial charge in [0.05, 0.1) is 79.3 Å². The minimum Gasteiger partial charge on any atom is -0.463 e. The summed E-state index contributed by atoms with van der Waals surface area (Å²) in [5, 5.41) is 8.77. The van der Waals surface area contributed by atoms with Crippen LogP contribution in [0.25, 0.3) is 10.4 Å². The lowest BCUT2D eigenvalue weighted by Crippen LogP contribution is -2.66. The average molecular weight is 780 g/mol. The number of ether oxygens (including phenoxy) is 11. The van der Waals surface area contributed by atoms with Gasteiger partial charge in [0.2, 0.25) is 11.8 Å². The number of esters is 3. The number of carbonyl (C=O) groups is 5. The molecule has 0 radical (unpaired) electrons. The van der Waals surface area contributed by atoms with Gasteiger partial charge in [-0.2, -0.15) is 0 Å². The molecule has 0 saturated carbocycles. The number of hydrogen-bond acceptors (Lipinski definition) is 17. The molecule has 1 rings (SSSR count). The molecule has 1 aliphatic heterocycles. The minimum atomic E-state index is -1.21. The smallest absolute Gasteiger partial charge is 0.303 e. The first-order chi connectivity index (χ1) is 26.0. The molecular formula is C33H57N5O16. The molecule has 2 amide bonds. The molecule has 0 unspecified atom stereocenters. The van der Waals surface area contributed by atoms with E-state index in [9.17, 15) is 24.0 Å². The van der Waals surface area contributed by atoms with E-state index in [4.69, 9.17) is 57.6 Å². The fraction of sp³-hybridized carbons (Fsp3) is 0.848. The van der Waals surface area contributed by atoms with Crippen LogP contribution >= 0.6 is 0 Å². The number of nitrogens with zero attached hydrogens (tertiary/aromatic N) is 3. The second-order valence-corrected chi connectivity index (χ2v) is 11.5. The molecule has 1 saturated heterocycles. The normalized spacial score (nSPS) is 19.3. The van der Waals surface area contributed by atoms with Crippen LogP contribution in [-0.4, -0.2) is 166 Å². The summed E-state index contributed by atoms with van der Waals surface area (Å²) >= 11 is 0. The molecule has 0 bridgehead atoms. The molecule has 21 nitrogen and oxygen atoms in total. The maximum absolute atomic E-state index is 12.2. The zero-order valence-electron chi connectivity index (χ0n) is 31.7. The first kappa shape index (κ1) is 48.4. The Bertz CT molecular complexity index is 1130. The predicted octanol–water partition coefficient (Wildman–Crippen LogP) is 0.356. The lowest BCUT2D eigenvalue weighted by molar-refractivity contribution is -0.277. The number of azide groups is 1. The van der Waals surface area contributed by atoms with E-state index >= 15 is 0 Å². The Morgan fingerprint density at radius 1 is 0.667 bits per heavy atom. The van der Waals surface area contributed by atoms with Crippen molar-refractivity contribution in [2.75, 3.05) is 106 Å². The fourth-order valence-electron chi connectivity index (χ4n) is 4.72. The summed E-state index contributed by atoms with van der Waals surface area (Å²) in [5.41, 5.74) is 8.15. The summed E-state index contributed by atoms with van der Waals surface area (Å²) < 4.78 is 60.1. The van der Waals surface area contributed by atoms with Gasteiger partial charge in [0.25, 0.3) is 0 Å². The summed E-state index contributed by atoms with van der Waals surface area (Å²) in [7, 11) is 0. The molecule has 0 aromatic rings. The number of rotatable bonds is 32. The van der Waals surface area contributed by atoms with Crippen LogP contribution < -0.4 is 10.6 Å². The summed E-state index contributed by atoms with van der Waals surface area (Å²) in [6, 6.07) is -1.06. The van der Waals surface area contributed by atoms with E-state index in [0.29, 0.717) is 105 Å². The number of hydrogen-bond donors (Lipinski definition) is 2. The summed E-state index contributed by atoms with van der Waals surface area (Å²) in [5.74, 6) is -2.67. The Labute approximate surface area is 315 Å². The minimum absolute atomic E-state index is 0.109. The third kappa shape index (κ3) is 25.4. The van der Waals surface area contributed by atoms with E-state index in [2.05, 4.69) is 20.7 Å². The Morgan fingerprint density at radius 3 is 1.69 bits per heavy atom. The summed E-state index contributed by atoms with van der Waals surface area (Å²) in [4.78, 5) is 62.2. The van der Waals surface area contributed by atoms with Gasteiger partial charge in [-0.1, -0.05) is 5.11 Å². The van der Waals surface area contributed by atoms with E-state index in [-0.39, 0.29) is 25.5 Å². The van der Waals surface area contributed by atoms with E-state index in [1.807, 2.05) is 0 Å². The van der Waals surface area contributed by atoms with Gasteiger partial charge >= 0.3 is 17.9 Å². The van der Waals surface area contributed by atoms with Crippen LogP contribution in [0, 0.1) is 0 Å². The van der Waals surface area contributed by atoms with E-state index in [1.165, 1.54) is 13.8 Å². The highest BCUT2D eigenvalue weighted by Gasteiger charge is 2.51. The molecular weight excluding hydrogens is 722 g/mol. The van der Waals surface area contributed by atoms with Gasteiger partial charge in [-0.25, -0.2) is 0 Å². The quantitative estimate of drug-likeness (QED) is 0.0233. The molecule has 1 aliphatic rings. The van der Waals surface area contributed by atoms with Crippen molar-refractivity contribution in [3.8, 4) is 0 Å². The van der Waals surface area contributed by atoms with Crippen LogP contribution in [-0.2, 0) is 76.1 Å². The number of nitrogens with one attached hydrogen (secondary N) is 2. The topological polar surface area (TPSA) is 260 Å². The zero-order valence-corrected chi connectivity index (χ0v) is 31.7. The molecule has 54 heavy (non-hydrogen) atoms. The van der Waals surface area contributed by atoms with Crippen molar-refractivity contribution in [2.45, 2.75) is 77.6 Å². The Morgan fingerprint density at radius 2 is 1.19 bits per heavy atom. The van der Waals surface area contributed by atoms with Crippen molar-refractivity contribution in [3.63, 3.8) is 0 Å². The Balaban J connectivity index is 2.18. The van der Waals surface area contributed by atoms with Gasteiger partial charge in [0.15, 0.2) is 18.5 Å². The number of carbonyl (C=O) groups excluding carboxylic acids is 5. The maximum atomic E-state index is 12.2. The molecule has 0 aromatic heterocycles. The lowest BCUT2D eigenvalue weighted by atomic mass is 9.96. The fourth-order valence-corrected chi connectivity index (χ4v) is 4.72. The molecule has 310 valence electrons. The number of unbranched alkanes of at least 4 members (excludes halogenated alkanes) is 1. The Kier molecular flexibility index (Phi) is 28.4. The largest absolute Gasteiger partial charge is 0.463 e. The van der Waals surface area contributed by atoms with Gasteiger partial charge in [-0.15, -0.1) is 0 Å². The van der Waals surface area contributed by atoms with Crippen molar-refractivity contribution in [1.82, 2.24) is 10.6 Å². The second kappa shape index (κ2) is 31.7. The van der Waals surface area contributed by atoms with Crippen LogP contribution in [0.3, 0.4) is 0 Å². The van der Waals surface area contributed by atoms with Gasteiger partial charge < -0.3 is 62.7 Å². The number of amides is 2. The molecule has 1 heterocycles. The third-order valence-electron chi connectivity index (χ3n) is 6.98. The highest BCUT2D eigenvalue weighted by atomic mass is 16.7. The van der Waals surface area contributed by atoms with Crippen molar-refractivity contribution >= 4 is 29.7 Å². The Hall–Kier alpha value is -3.66. The highest BCUT2D eigenvalue weighted by Crippen LogP contribution is 2.28. The van der Waals surface area contributed by atoms with Gasteiger partial charge in [-0.05, 0) is 18.4 Å². The SMILES string of the molecule is CC(=O)N[C@H]1[C@H](OCCCCC(=O)NCCOCCOCCOCCOCCOCCOCCN=[N+]=[N-])O[C@H](COC(C)=O)[C@H](OC(C)=O)[C@@H]1OC(C)=O. The molecule has 0 aromatic carbocycles.